The lowest BCUT2D eigenvalue weighted by Crippen LogP contribution is -2.34. The van der Waals surface area contributed by atoms with Crippen molar-refractivity contribution in [1.82, 2.24) is 4.90 Å². The van der Waals surface area contributed by atoms with Crippen LogP contribution in [0.2, 0.25) is 0 Å². The minimum Gasteiger partial charge on any atom is -0.462 e. The van der Waals surface area contributed by atoms with Gasteiger partial charge in [-0.1, -0.05) is 12.7 Å². The van der Waals surface area contributed by atoms with Crippen molar-refractivity contribution in [2.24, 2.45) is 4.99 Å². The van der Waals surface area contributed by atoms with E-state index < -0.39 is 5.60 Å². The number of amides is 1. The molecule has 0 fully saturated rings. The predicted octanol–water partition coefficient (Wildman–Crippen LogP) is 4.92. The van der Waals surface area contributed by atoms with Crippen molar-refractivity contribution in [3.63, 3.8) is 0 Å². The largest absolute Gasteiger partial charge is 0.462 e. The number of hydrogen-bond donors (Lipinski definition) is 0. The van der Waals surface area contributed by atoms with Gasteiger partial charge in [-0.2, -0.15) is 0 Å². The van der Waals surface area contributed by atoms with Gasteiger partial charge in [-0.05, 0) is 52.5 Å². The maximum atomic E-state index is 11.9. The zero-order chi connectivity index (χ0) is 17.6. The van der Waals surface area contributed by atoms with E-state index in [1.807, 2.05) is 39.8 Å². The number of furan rings is 1. The summed E-state index contributed by atoms with van der Waals surface area (Å²) in [4.78, 5) is 17.5. The van der Waals surface area contributed by atoms with Crippen LogP contribution in [0.5, 0.6) is 0 Å². The van der Waals surface area contributed by atoms with E-state index >= 15 is 0 Å². The predicted molar refractivity (Wildman–Crippen MR) is 95.1 cm³/mol. The third-order valence-electron chi connectivity index (χ3n) is 3.10. The molecule has 0 radical (unpaired) electrons. The maximum Gasteiger partial charge on any atom is 0.410 e. The molecule has 0 spiro atoms. The summed E-state index contributed by atoms with van der Waals surface area (Å²) >= 11 is 0. The Balaban J connectivity index is 2.70. The number of rotatable bonds is 6. The summed E-state index contributed by atoms with van der Waals surface area (Å²) in [6, 6.07) is 0. The summed E-state index contributed by atoms with van der Waals surface area (Å²) in [5.74, 6) is 0.652. The molecule has 5 nitrogen and oxygen atoms in total. The summed E-state index contributed by atoms with van der Waals surface area (Å²) in [5, 5.41) is 0. The van der Waals surface area contributed by atoms with Crippen LogP contribution < -0.4 is 0 Å². The highest BCUT2D eigenvalue weighted by Crippen LogP contribution is 2.33. The molecule has 1 heterocycles. The van der Waals surface area contributed by atoms with Gasteiger partial charge in [0.15, 0.2) is 5.76 Å². The van der Waals surface area contributed by atoms with Crippen LogP contribution >= 0.6 is 0 Å². The molecule has 5 heteroatoms. The molecule has 0 saturated heterocycles. The Morgan fingerprint density at radius 3 is 2.65 bits per heavy atom. The van der Waals surface area contributed by atoms with Gasteiger partial charge in [0, 0.05) is 19.2 Å². The fourth-order valence-electron chi connectivity index (χ4n) is 1.92. The van der Waals surface area contributed by atoms with E-state index in [0.29, 0.717) is 24.4 Å². The standard InChI is InChI=1S/C18H26N2O3/c1-8-9-15-16(19-6)14(12-22-15)13(2)10-11-20(7)17(21)23-18(3,4)5/h8-9,12H,2,6,10-11H2,1,3-5,7H3/b9-8-. The number of allylic oxidation sites excluding steroid dienone is 1. The number of carbonyl (C=O) groups excluding carboxylic acids is 1. The Kier molecular flexibility index (Phi) is 6.37. The number of carbonyl (C=O) groups is 1. The smallest absolute Gasteiger partial charge is 0.410 e. The Hall–Kier alpha value is -2.30. The van der Waals surface area contributed by atoms with E-state index in [1.165, 1.54) is 4.90 Å². The number of aliphatic imine (C=N–C) groups is 1. The van der Waals surface area contributed by atoms with Crippen LogP contribution in [0.3, 0.4) is 0 Å². The molecule has 1 rings (SSSR count). The molecule has 1 aromatic rings. The molecule has 1 aromatic heterocycles. The second-order valence-corrected chi connectivity index (χ2v) is 6.28. The van der Waals surface area contributed by atoms with Crippen LogP contribution in [-0.2, 0) is 4.74 Å². The van der Waals surface area contributed by atoms with Crippen LogP contribution in [0.25, 0.3) is 11.6 Å². The highest BCUT2D eigenvalue weighted by atomic mass is 16.6. The molecular weight excluding hydrogens is 292 g/mol. The van der Waals surface area contributed by atoms with E-state index in [2.05, 4.69) is 18.3 Å². The first-order chi connectivity index (χ1) is 10.7. The van der Waals surface area contributed by atoms with Crippen LogP contribution in [0.4, 0.5) is 10.5 Å². The quantitative estimate of drug-likeness (QED) is 0.700. The fraction of sp³-hybridized carbons (Fsp3) is 0.444. The molecule has 0 aliphatic carbocycles. The summed E-state index contributed by atoms with van der Waals surface area (Å²) < 4.78 is 10.8. The number of hydrogen-bond acceptors (Lipinski definition) is 4. The molecule has 0 aromatic carbocycles. The molecule has 1 amide bonds. The van der Waals surface area contributed by atoms with Crippen molar-refractivity contribution in [3.05, 3.63) is 30.2 Å². The Labute approximate surface area is 138 Å². The second-order valence-electron chi connectivity index (χ2n) is 6.28. The van der Waals surface area contributed by atoms with E-state index in [1.54, 1.807) is 13.3 Å². The van der Waals surface area contributed by atoms with Crippen LogP contribution in [0.1, 0.15) is 45.4 Å². The lowest BCUT2D eigenvalue weighted by molar-refractivity contribution is 0.0302. The second kappa shape index (κ2) is 7.81. The summed E-state index contributed by atoms with van der Waals surface area (Å²) in [5.41, 5.74) is 1.81. The number of ether oxygens (including phenoxy) is 1. The summed E-state index contributed by atoms with van der Waals surface area (Å²) in [6.45, 7) is 15.6. The first-order valence-electron chi connectivity index (χ1n) is 7.52. The Bertz CT molecular complexity index is 606. The van der Waals surface area contributed by atoms with Crippen LogP contribution in [0.15, 0.2) is 28.3 Å². The zero-order valence-corrected chi connectivity index (χ0v) is 14.7. The molecule has 0 atom stereocenters. The zero-order valence-electron chi connectivity index (χ0n) is 14.7. The van der Waals surface area contributed by atoms with Crippen molar-refractivity contribution >= 4 is 30.1 Å². The monoisotopic (exact) mass is 318 g/mol. The molecule has 23 heavy (non-hydrogen) atoms. The molecule has 0 N–H and O–H groups in total. The normalized spacial score (nSPS) is 11.5. The Morgan fingerprint density at radius 1 is 1.48 bits per heavy atom. The van der Waals surface area contributed by atoms with Crippen LogP contribution in [-0.4, -0.2) is 36.9 Å². The fourth-order valence-corrected chi connectivity index (χ4v) is 1.92. The minimum atomic E-state index is -0.506. The Morgan fingerprint density at radius 2 is 2.13 bits per heavy atom. The van der Waals surface area contributed by atoms with Gasteiger partial charge in [0.25, 0.3) is 0 Å². The van der Waals surface area contributed by atoms with E-state index in [-0.39, 0.29) is 6.09 Å². The van der Waals surface area contributed by atoms with Gasteiger partial charge in [0.05, 0.1) is 0 Å². The van der Waals surface area contributed by atoms with Gasteiger partial charge >= 0.3 is 6.09 Å². The summed E-state index contributed by atoms with van der Waals surface area (Å²) in [6.07, 6.45) is 5.56. The van der Waals surface area contributed by atoms with Gasteiger partial charge in [0.1, 0.15) is 17.6 Å². The van der Waals surface area contributed by atoms with E-state index in [4.69, 9.17) is 9.15 Å². The van der Waals surface area contributed by atoms with Crippen molar-refractivity contribution in [3.8, 4) is 0 Å². The first kappa shape index (κ1) is 18.7. The average Bonchev–Trinajstić information content (AvgIpc) is 2.85. The highest BCUT2D eigenvalue weighted by Gasteiger charge is 2.20. The SMILES string of the molecule is C=Nc1c(C(=C)CCN(C)C(=O)OC(C)(C)C)coc1/C=C\C. The van der Waals surface area contributed by atoms with Gasteiger partial charge in [-0.25, -0.2) is 4.79 Å². The number of nitrogens with zero attached hydrogens (tertiary/aromatic N) is 2. The summed E-state index contributed by atoms with van der Waals surface area (Å²) in [7, 11) is 1.70. The van der Waals surface area contributed by atoms with Crippen molar-refractivity contribution in [2.45, 2.75) is 39.7 Å². The van der Waals surface area contributed by atoms with Gasteiger partial charge in [-0.15, -0.1) is 0 Å². The molecule has 0 bridgehead atoms. The van der Waals surface area contributed by atoms with Crippen molar-refractivity contribution in [2.75, 3.05) is 13.6 Å². The van der Waals surface area contributed by atoms with Gasteiger partial charge in [0.2, 0.25) is 0 Å². The maximum absolute atomic E-state index is 11.9. The van der Waals surface area contributed by atoms with Gasteiger partial charge < -0.3 is 14.1 Å². The lowest BCUT2D eigenvalue weighted by atomic mass is 10.1. The lowest BCUT2D eigenvalue weighted by Gasteiger charge is -2.24. The molecule has 0 aliphatic heterocycles. The van der Waals surface area contributed by atoms with Gasteiger partial charge in [-0.3, -0.25) is 4.99 Å². The molecule has 0 saturated carbocycles. The van der Waals surface area contributed by atoms with Crippen molar-refractivity contribution < 1.29 is 13.9 Å². The third-order valence-corrected chi connectivity index (χ3v) is 3.10. The minimum absolute atomic E-state index is 0.353. The molecule has 126 valence electrons. The first-order valence-corrected chi connectivity index (χ1v) is 7.52. The molecule has 0 aliphatic rings. The third kappa shape index (κ3) is 5.43. The van der Waals surface area contributed by atoms with Crippen molar-refractivity contribution in [1.29, 1.82) is 0 Å². The highest BCUT2D eigenvalue weighted by molar-refractivity contribution is 5.79. The van der Waals surface area contributed by atoms with E-state index in [9.17, 15) is 4.79 Å². The topological polar surface area (TPSA) is 55.0 Å². The molecular formula is C18H26N2O3. The van der Waals surface area contributed by atoms with Crippen LogP contribution in [0, 0.1) is 0 Å². The molecule has 0 unspecified atom stereocenters. The van der Waals surface area contributed by atoms with E-state index in [0.717, 1.165) is 11.1 Å². The average molecular weight is 318 g/mol.